The molecule has 0 saturated carbocycles. The van der Waals surface area contributed by atoms with Gasteiger partial charge in [0.25, 0.3) is 0 Å². The molecule has 4 N–H and O–H groups in total. The number of unbranched alkanes of at least 4 members (excludes halogenated alkanes) is 16. The molecule has 0 aliphatic heterocycles. The summed E-state index contributed by atoms with van der Waals surface area (Å²) in [6.45, 7) is 7.59. The molecule has 3 nitrogen and oxygen atoms in total. The minimum absolute atomic E-state index is 0.794. The van der Waals surface area contributed by atoms with E-state index in [2.05, 4.69) is 29.7 Å². The highest BCUT2D eigenvalue weighted by atomic mass is 14.9. The summed E-state index contributed by atoms with van der Waals surface area (Å²) < 4.78 is 0. The second-order valence-electron chi connectivity index (χ2n) is 9.35. The molecule has 0 aromatic carbocycles. The molecule has 0 aliphatic carbocycles. The van der Waals surface area contributed by atoms with Crippen molar-refractivity contribution < 1.29 is 0 Å². The zero-order chi connectivity index (χ0) is 22.5. The molecule has 0 aromatic rings. The van der Waals surface area contributed by atoms with Crippen molar-refractivity contribution in [3.8, 4) is 0 Å². The maximum Gasteiger partial charge on any atom is -0.00368 e. The van der Waals surface area contributed by atoms with Crippen LogP contribution in [0.25, 0.3) is 0 Å². The Morgan fingerprint density at radius 3 is 1.32 bits per heavy atom. The summed E-state index contributed by atoms with van der Waals surface area (Å²) in [4.78, 5) is 0. The lowest BCUT2D eigenvalue weighted by atomic mass is 10.1. The molecule has 0 unspecified atom stereocenters. The summed E-state index contributed by atoms with van der Waals surface area (Å²) in [5.41, 5.74) is 5.48. The zero-order valence-corrected chi connectivity index (χ0v) is 21.4. The SMILES string of the molecule is CCCCCCCCC=CCCCCCCCCCCCCNCCCNCCCN. The van der Waals surface area contributed by atoms with Crippen LogP contribution in [-0.2, 0) is 0 Å². The highest BCUT2D eigenvalue weighted by molar-refractivity contribution is 4.81. The fraction of sp³-hybridized carbons (Fsp3) is 0.929. The van der Waals surface area contributed by atoms with Crippen LogP contribution in [0, 0.1) is 0 Å². The average molecular weight is 438 g/mol. The molecule has 186 valence electrons. The molecule has 0 saturated heterocycles. The first-order chi connectivity index (χ1) is 15.4. The predicted molar refractivity (Wildman–Crippen MR) is 142 cm³/mol. The van der Waals surface area contributed by atoms with Crippen LogP contribution < -0.4 is 16.4 Å². The van der Waals surface area contributed by atoms with Gasteiger partial charge in [0.15, 0.2) is 0 Å². The van der Waals surface area contributed by atoms with Gasteiger partial charge >= 0.3 is 0 Å². The van der Waals surface area contributed by atoms with Crippen molar-refractivity contribution in [1.29, 1.82) is 0 Å². The van der Waals surface area contributed by atoms with E-state index in [1.807, 2.05) is 0 Å². The Hall–Kier alpha value is -0.380. The topological polar surface area (TPSA) is 50.1 Å². The number of nitrogens with one attached hydrogen (secondary N) is 2. The molecule has 0 atom stereocenters. The summed E-state index contributed by atoms with van der Waals surface area (Å²) in [7, 11) is 0. The van der Waals surface area contributed by atoms with Crippen LogP contribution in [-0.4, -0.2) is 32.7 Å². The van der Waals surface area contributed by atoms with E-state index < -0.39 is 0 Å². The van der Waals surface area contributed by atoms with Crippen LogP contribution in [0.1, 0.15) is 135 Å². The van der Waals surface area contributed by atoms with Gasteiger partial charge in [0.1, 0.15) is 0 Å². The third kappa shape index (κ3) is 29.6. The van der Waals surface area contributed by atoms with Crippen molar-refractivity contribution in [3.63, 3.8) is 0 Å². The van der Waals surface area contributed by atoms with Crippen LogP contribution >= 0.6 is 0 Å². The predicted octanol–water partition coefficient (Wildman–Crippen LogP) is 7.50. The van der Waals surface area contributed by atoms with Gasteiger partial charge in [-0.05, 0) is 77.7 Å². The van der Waals surface area contributed by atoms with Crippen LogP contribution in [0.4, 0.5) is 0 Å². The van der Waals surface area contributed by atoms with E-state index >= 15 is 0 Å². The summed E-state index contributed by atoms with van der Waals surface area (Å²) in [5.74, 6) is 0. The lowest BCUT2D eigenvalue weighted by Crippen LogP contribution is -2.24. The van der Waals surface area contributed by atoms with Crippen molar-refractivity contribution in [1.82, 2.24) is 10.6 Å². The van der Waals surface area contributed by atoms with Crippen molar-refractivity contribution in [2.45, 2.75) is 135 Å². The molecule has 0 aromatic heterocycles. The second kappa shape index (κ2) is 29.6. The first-order valence-electron chi connectivity index (χ1n) is 14.2. The first kappa shape index (κ1) is 30.6. The highest BCUT2D eigenvalue weighted by Crippen LogP contribution is 2.12. The molecule has 0 amide bonds. The minimum atomic E-state index is 0.794. The summed E-state index contributed by atoms with van der Waals surface area (Å²) in [5, 5.41) is 6.99. The van der Waals surface area contributed by atoms with Gasteiger partial charge in [-0.1, -0.05) is 103 Å². The lowest BCUT2D eigenvalue weighted by molar-refractivity contribution is 0.533. The number of rotatable bonds is 27. The highest BCUT2D eigenvalue weighted by Gasteiger charge is 1.94. The van der Waals surface area contributed by atoms with Crippen molar-refractivity contribution in [2.24, 2.45) is 5.73 Å². The molecule has 0 fully saturated rings. The Kier molecular flexibility index (Phi) is 29.3. The standard InChI is InChI=1S/C28H59N3/c1-2-3-4-5-6-7-8-9-10-11-12-13-14-15-16-17-18-19-20-21-25-30-27-23-28-31-26-22-24-29/h9-10,30-31H,2-8,11-29H2,1H3. The average Bonchev–Trinajstić information content (AvgIpc) is 2.78. The molecular formula is C28H59N3. The first-order valence-corrected chi connectivity index (χ1v) is 14.2. The molecule has 31 heavy (non-hydrogen) atoms. The van der Waals surface area contributed by atoms with E-state index in [1.54, 1.807) is 0 Å². The molecule has 0 bridgehead atoms. The minimum Gasteiger partial charge on any atom is -0.330 e. The third-order valence-corrected chi connectivity index (χ3v) is 6.13. The van der Waals surface area contributed by atoms with Gasteiger partial charge in [-0.25, -0.2) is 0 Å². The molecule has 0 radical (unpaired) electrons. The maximum absolute atomic E-state index is 5.48. The van der Waals surface area contributed by atoms with Crippen molar-refractivity contribution in [2.75, 3.05) is 32.7 Å². The van der Waals surface area contributed by atoms with Crippen LogP contribution in [0.3, 0.4) is 0 Å². The van der Waals surface area contributed by atoms with Crippen LogP contribution in [0.15, 0.2) is 12.2 Å². The largest absolute Gasteiger partial charge is 0.330 e. The molecule has 0 rings (SSSR count). The molecular weight excluding hydrogens is 378 g/mol. The molecule has 0 spiro atoms. The summed E-state index contributed by atoms with van der Waals surface area (Å²) in [6, 6.07) is 0. The molecule has 0 aliphatic rings. The van der Waals surface area contributed by atoms with E-state index in [0.29, 0.717) is 0 Å². The quantitative estimate of drug-likeness (QED) is 0.0920. The monoisotopic (exact) mass is 437 g/mol. The van der Waals surface area contributed by atoms with Gasteiger partial charge in [-0.2, -0.15) is 0 Å². The smallest absolute Gasteiger partial charge is 0.00368 e. The second-order valence-corrected chi connectivity index (χ2v) is 9.35. The van der Waals surface area contributed by atoms with Crippen molar-refractivity contribution in [3.05, 3.63) is 12.2 Å². The zero-order valence-electron chi connectivity index (χ0n) is 21.4. The van der Waals surface area contributed by atoms with Crippen molar-refractivity contribution >= 4 is 0 Å². The normalized spacial score (nSPS) is 11.7. The lowest BCUT2D eigenvalue weighted by Gasteiger charge is -2.06. The van der Waals surface area contributed by atoms with Crippen LogP contribution in [0.2, 0.25) is 0 Å². The summed E-state index contributed by atoms with van der Waals surface area (Å²) >= 11 is 0. The van der Waals surface area contributed by atoms with Gasteiger partial charge in [-0.15, -0.1) is 0 Å². The van der Waals surface area contributed by atoms with E-state index in [1.165, 1.54) is 129 Å². The Balaban J connectivity index is 3.04. The Labute approximate surface area is 196 Å². The van der Waals surface area contributed by atoms with E-state index in [0.717, 1.165) is 32.6 Å². The fourth-order valence-electron chi connectivity index (χ4n) is 4.02. The number of nitrogens with two attached hydrogens (primary N) is 1. The Bertz CT molecular complexity index is 330. The van der Waals surface area contributed by atoms with Gasteiger partial charge in [0, 0.05) is 0 Å². The van der Waals surface area contributed by atoms with Gasteiger partial charge < -0.3 is 16.4 Å². The Morgan fingerprint density at radius 2 is 0.839 bits per heavy atom. The van der Waals surface area contributed by atoms with Gasteiger partial charge in [-0.3, -0.25) is 0 Å². The number of hydrogen-bond acceptors (Lipinski definition) is 3. The van der Waals surface area contributed by atoms with Gasteiger partial charge in [0.05, 0.1) is 0 Å². The summed E-state index contributed by atoms with van der Waals surface area (Å²) in [6.07, 6.45) is 32.4. The molecule has 0 heterocycles. The van der Waals surface area contributed by atoms with E-state index in [4.69, 9.17) is 5.73 Å². The van der Waals surface area contributed by atoms with E-state index in [-0.39, 0.29) is 0 Å². The van der Waals surface area contributed by atoms with E-state index in [9.17, 15) is 0 Å². The number of allylic oxidation sites excluding steroid dienone is 2. The Morgan fingerprint density at radius 1 is 0.452 bits per heavy atom. The fourth-order valence-corrected chi connectivity index (χ4v) is 4.02. The maximum atomic E-state index is 5.48. The number of hydrogen-bond donors (Lipinski definition) is 3. The third-order valence-electron chi connectivity index (χ3n) is 6.13. The van der Waals surface area contributed by atoms with Gasteiger partial charge in [0.2, 0.25) is 0 Å². The molecule has 3 heteroatoms. The van der Waals surface area contributed by atoms with Crippen LogP contribution in [0.5, 0.6) is 0 Å².